The summed E-state index contributed by atoms with van der Waals surface area (Å²) in [6.45, 7) is 2.66. The lowest BCUT2D eigenvalue weighted by Gasteiger charge is -2.33. The first-order valence-electron chi connectivity index (χ1n) is 7.38. The Morgan fingerprint density at radius 3 is 3.00 bits per heavy atom. The number of hydrogen-bond donors (Lipinski definition) is 1. The third-order valence-corrected chi connectivity index (χ3v) is 4.32. The van der Waals surface area contributed by atoms with Crippen LogP contribution in [0.15, 0.2) is 18.2 Å². The number of methoxy groups -OCH3 is 1. The van der Waals surface area contributed by atoms with Crippen LogP contribution in [0.25, 0.3) is 0 Å². The van der Waals surface area contributed by atoms with Crippen molar-refractivity contribution in [3.05, 3.63) is 28.8 Å². The summed E-state index contributed by atoms with van der Waals surface area (Å²) < 4.78 is 5.13. The average Bonchev–Trinajstić information content (AvgIpc) is 2.50. The maximum atomic E-state index is 12.4. The highest BCUT2D eigenvalue weighted by molar-refractivity contribution is 6.31. The number of nitrogens with one attached hydrogen (secondary N) is 1. The lowest BCUT2D eigenvalue weighted by atomic mass is 9.97. The van der Waals surface area contributed by atoms with E-state index in [1.54, 1.807) is 13.2 Å². The predicted octanol–water partition coefficient (Wildman–Crippen LogP) is 2.35. The Morgan fingerprint density at radius 1 is 1.52 bits per heavy atom. The normalized spacial score (nSPS) is 18.6. The largest absolute Gasteiger partial charge is 0.497 e. The van der Waals surface area contributed by atoms with Gasteiger partial charge in [0.05, 0.1) is 13.5 Å². The number of ether oxygens (including phenoxy) is 1. The Kier molecular flexibility index (Phi) is 5.88. The highest BCUT2D eigenvalue weighted by atomic mass is 35.5. The van der Waals surface area contributed by atoms with E-state index in [0.717, 1.165) is 31.6 Å². The summed E-state index contributed by atoms with van der Waals surface area (Å²) >= 11 is 6.21. The number of nitrogens with zero attached hydrogens (tertiary/aromatic N) is 1. The van der Waals surface area contributed by atoms with E-state index in [0.29, 0.717) is 23.1 Å². The fourth-order valence-corrected chi connectivity index (χ4v) is 3.06. The molecule has 1 aromatic carbocycles. The summed E-state index contributed by atoms with van der Waals surface area (Å²) in [7, 11) is 3.56. The zero-order valence-electron chi connectivity index (χ0n) is 12.7. The predicted molar refractivity (Wildman–Crippen MR) is 84.9 cm³/mol. The Bertz CT molecular complexity index is 491. The molecule has 1 aromatic rings. The maximum Gasteiger partial charge on any atom is 0.227 e. The van der Waals surface area contributed by atoms with Gasteiger partial charge in [-0.3, -0.25) is 4.79 Å². The van der Waals surface area contributed by atoms with Gasteiger partial charge in [0, 0.05) is 18.1 Å². The molecule has 1 unspecified atom stereocenters. The molecule has 0 radical (unpaired) electrons. The molecule has 0 saturated carbocycles. The lowest BCUT2D eigenvalue weighted by Crippen LogP contribution is -2.43. The highest BCUT2D eigenvalue weighted by Crippen LogP contribution is 2.24. The van der Waals surface area contributed by atoms with Crippen LogP contribution in [-0.4, -0.2) is 44.6 Å². The first-order chi connectivity index (χ1) is 10.1. The van der Waals surface area contributed by atoms with Crippen LogP contribution in [0.1, 0.15) is 18.4 Å². The first kappa shape index (κ1) is 16.1. The summed E-state index contributed by atoms with van der Waals surface area (Å²) in [5.41, 5.74) is 0.859. The van der Waals surface area contributed by atoms with Crippen LogP contribution in [0.5, 0.6) is 5.75 Å². The summed E-state index contributed by atoms with van der Waals surface area (Å²) in [6.07, 6.45) is 2.62. The van der Waals surface area contributed by atoms with Gasteiger partial charge in [-0.2, -0.15) is 0 Å². The molecule has 0 bridgehead atoms. The van der Waals surface area contributed by atoms with Crippen molar-refractivity contribution in [2.75, 3.05) is 33.8 Å². The third-order valence-electron chi connectivity index (χ3n) is 3.97. The van der Waals surface area contributed by atoms with E-state index >= 15 is 0 Å². The van der Waals surface area contributed by atoms with Crippen molar-refractivity contribution in [1.82, 2.24) is 10.2 Å². The number of carbonyl (C=O) groups is 1. The summed E-state index contributed by atoms with van der Waals surface area (Å²) in [4.78, 5) is 14.4. The van der Waals surface area contributed by atoms with E-state index in [1.807, 2.05) is 24.1 Å². The van der Waals surface area contributed by atoms with Gasteiger partial charge in [-0.05, 0) is 50.0 Å². The number of piperidine rings is 1. The molecule has 1 heterocycles. The van der Waals surface area contributed by atoms with Crippen molar-refractivity contribution in [2.45, 2.75) is 19.3 Å². The molecule has 4 nitrogen and oxygen atoms in total. The van der Waals surface area contributed by atoms with Gasteiger partial charge >= 0.3 is 0 Å². The zero-order chi connectivity index (χ0) is 15.2. The molecule has 1 atom stereocenters. The minimum atomic E-state index is 0.155. The minimum absolute atomic E-state index is 0.155. The monoisotopic (exact) mass is 310 g/mol. The number of rotatable bonds is 5. The maximum absolute atomic E-state index is 12.4. The number of hydrogen-bond acceptors (Lipinski definition) is 3. The summed E-state index contributed by atoms with van der Waals surface area (Å²) in [6, 6.07) is 5.47. The van der Waals surface area contributed by atoms with Crippen LogP contribution in [0.4, 0.5) is 0 Å². The molecule has 1 amide bonds. The second kappa shape index (κ2) is 7.66. The van der Waals surface area contributed by atoms with Crippen molar-refractivity contribution >= 4 is 17.5 Å². The molecule has 0 spiro atoms. The van der Waals surface area contributed by atoms with Gasteiger partial charge in [-0.15, -0.1) is 0 Å². The Balaban J connectivity index is 1.97. The first-order valence-corrected chi connectivity index (χ1v) is 7.76. The van der Waals surface area contributed by atoms with E-state index in [2.05, 4.69) is 5.32 Å². The van der Waals surface area contributed by atoms with E-state index < -0.39 is 0 Å². The fraction of sp³-hybridized carbons (Fsp3) is 0.562. The number of carbonyl (C=O) groups excluding carboxylic acids is 1. The molecule has 1 saturated heterocycles. The molecule has 1 N–H and O–H groups in total. The topological polar surface area (TPSA) is 41.6 Å². The van der Waals surface area contributed by atoms with Crippen LogP contribution in [0.2, 0.25) is 5.02 Å². The van der Waals surface area contributed by atoms with Gasteiger partial charge in [0.25, 0.3) is 0 Å². The Labute approximate surface area is 131 Å². The Morgan fingerprint density at radius 2 is 2.33 bits per heavy atom. The standard InChI is InChI=1S/C16H23ClN2O2/c1-18-10-12-4-3-7-19(11-12)16(20)8-13-5-6-14(21-2)9-15(13)17/h5-6,9,12,18H,3-4,7-8,10-11H2,1-2H3. The van der Waals surface area contributed by atoms with Crippen molar-refractivity contribution in [2.24, 2.45) is 5.92 Å². The van der Waals surface area contributed by atoms with Gasteiger partial charge in [-0.25, -0.2) is 0 Å². The number of halogens is 1. The number of amides is 1. The van der Waals surface area contributed by atoms with Gasteiger partial charge < -0.3 is 15.0 Å². The molecule has 116 valence electrons. The van der Waals surface area contributed by atoms with E-state index in [1.165, 1.54) is 6.42 Å². The van der Waals surface area contributed by atoms with Crippen LogP contribution >= 0.6 is 11.6 Å². The smallest absolute Gasteiger partial charge is 0.227 e. The van der Waals surface area contributed by atoms with Gasteiger partial charge in [-0.1, -0.05) is 17.7 Å². The fourth-order valence-electron chi connectivity index (χ4n) is 2.82. The van der Waals surface area contributed by atoms with Crippen molar-refractivity contribution in [3.8, 4) is 5.75 Å². The van der Waals surface area contributed by atoms with E-state index in [4.69, 9.17) is 16.3 Å². The molecular weight excluding hydrogens is 288 g/mol. The van der Waals surface area contributed by atoms with Crippen molar-refractivity contribution in [3.63, 3.8) is 0 Å². The number of likely N-dealkylation sites (tertiary alicyclic amines) is 1. The second-order valence-electron chi connectivity index (χ2n) is 5.54. The lowest BCUT2D eigenvalue weighted by molar-refractivity contribution is -0.132. The van der Waals surface area contributed by atoms with Crippen LogP contribution < -0.4 is 10.1 Å². The Hall–Kier alpha value is -1.26. The molecule has 1 aliphatic rings. The molecule has 1 fully saturated rings. The SMILES string of the molecule is CNCC1CCCN(C(=O)Cc2ccc(OC)cc2Cl)C1. The van der Waals surface area contributed by atoms with Crippen molar-refractivity contribution < 1.29 is 9.53 Å². The van der Waals surface area contributed by atoms with Crippen LogP contribution in [0.3, 0.4) is 0 Å². The third kappa shape index (κ3) is 4.35. The van der Waals surface area contributed by atoms with E-state index in [-0.39, 0.29) is 5.91 Å². The number of benzene rings is 1. The molecule has 21 heavy (non-hydrogen) atoms. The van der Waals surface area contributed by atoms with Crippen LogP contribution in [-0.2, 0) is 11.2 Å². The van der Waals surface area contributed by atoms with Gasteiger partial charge in [0.1, 0.15) is 5.75 Å². The minimum Gasteiger partial charge on any atom is -0.497 e. The molecule has 0 aromatic heterocycles. The molecule has 5 heteroatoms. The van der Waals surface area contributed by atoms with Crippen LogP contribution in [0, 0.1) is 5.92 Å². The molecule has 1 aliphatic heterocycles. The van der Waals surface area contributed by atoms with E-state index in [9.17, 15) is 4.79 Å². The quantitative estimate of drug-likeness (QED) is 0.907. The van der Waals surface area contributed by atoms with Crippen molar-refractivity contribution in [1.29, 1.82) is 0 Å². The zero-order valence-corrected chi connectivity index (χ0v) is 13.4. The summed E-state index contributed by atoms with van der Waals surface area (Å²) in [5.74, 6) is 1.42. The van der Waals surface area contributed by atoms with Gasteiger partial charge in [0.2, 0.25) is 5.91 Å². The molecule has 2 rings (SSSR count). The summed E-state index contributed by atoms with van der Waals surface area (Å²) in [5, 5.41) is 3.78. The highest BCUT2D eigenvalue weighted by Gasteiger charge is 2.23. The second-order valence-corrected chi connectivity index (χ2v) is 5.95. The van der Waals surface area contributed by atoms with Gasteiger partial charge in [0.15, 0.2) is 0 Å². The molecular formula is C16H23ClN2O2. The molecule has 0 aliphatic carbocycles. The average molecular weight is 311 g/mol.